The van der Waals surface area contributed by atoms with E-state index in [1.807, 2.05) is 24.0 Å². The first kappa shape index (κ1) is 13.0. The van der Waals surface area contributed by atoms with Gasteiger partial charge in [-0.05, 0) is 39.2 Å². The second kappa shape index (κ2) is 6.48. The van der Waals surface area contributed by atoms with Crippen molar-refractivity contribution in [1.29, 1.82) is 0 Å². The average Bonchev–Trinajstić information content (AvgIpc) is 2.30. The Labute approximate surface area is 98.0 Å². The van der Waals surface area contributed by atoms with Gasteiger partial charge in [0.25, 0.3) is 0 Å². The van der Waals surface area contributed by atoms with Gasteiger partial charge in [-0.2, -0.15) is 0 Å². The summed E-state index contributed by atoms with van der Waals surface area (Å²) in [5.41, 5.74) is 5.67. The number of piperidine rings is 1. The van der Waals surface area contributed by atoms with Crippen LogP contribution >= 0.6 is 0 Å². The SMILES string of the molecule is CC=CC=CC(=O)N1CC(CN)CCC1C. The second-order valence-corrected chi connectivity index (χ2v) is 4.40. The van der Waals surface area contributed by atoms with Gasteiger partial charge in [0.15, 0.2) is 0 Å². The minimum Gasteiger partial charge on any atom is -0.336 e. The molecule has 0 spiro atoms. The minimum absolute atomic E-state index is 0.101. The topological polar surface area (TPSA) is 46.3 Å². The standard InChI is InChI=1S/C13H22N2O/c1-3-4-5-6-13(16)15-10-12(9-14)8-7-11(15)2/h3-6,11-12H,7-10,14H2,1-2H3. The second-order valence-electron chi connectivity index (χ2n) is 4.40. The summed E-state index contributed by atoms with van der Waals surface area (Å²) in [4.78, 5) is 13.8. The molecule has 3 nitrogen and oxygen atoms in total. The van der Waals surface area contributed by atoms with E-state index < -0.39 is 0 Å². The maximum absolute atomic E-state index is 11.9. The van der Waals surface area contributed by atoms with E-state index in [2.05, 4.69) is 6.92 Å². The molecule has 0 aliphatic carbocycles. The van der Waals surface area contributed by atoms with E-state index in [9.17, 15) is 4.79 Å². The number of amides is 1. The molecule has 0 bridgehead atoms. The van der Waals surface area contributed by atoms with Crippen LogP contribution in [0.3, 0.4) is 0 Å². The van der Waals surface area contributed by atoms with Gasteiger partial charge in [-0.15, -0.1) is 0 Å². The summed E-state index contributed by atoms with van der Waals surface area (Å²) in [5, 5.41) is 0. The van der Waals surface area contributed by atoms with Crippen LogP contribution in [0.5, 0.6) is 0 Å². The number of hydrogen-bond donors (Lipinski definition) is 1. The molecule has 3 heteroatoms. The maximum atomic E-state index is 11.9. The Morgan fingerprint density at radius 1 is 1.44 bits per heavy atom. The van der Waals surface area contributed by atoms with Gasteiger partial charge in [0.05, 0.1) is 0 Å². The fourth-order valence-electron chi connectivity index (χ4n) is 2.03. The average molecular weight is 222 g/mol. The van der Waals surface area contributed by atoms with Crippen molar-refractivity contribution in [3.63, 3.8) is 0 Å². The van der Waals surface area contributed by atoms with Crippen molar-refractivity contribution in [2.75, 3.05) is 13.1 Å². The summed E-state index contributed by atoms with van der Waals surface area (Å²) in [7, 11) is 0. The van der Waals surface area contributed by atoms with Crippen LogP contribution in [0, 0.1) is 5.92 Å². The van der Waals surface area contributed by atoms with Crippen LogP contribution in [0.25, 0.3) is 0 Å². The minimum atomic E-state index is 0.101. The fraction of sp³-hybridized carbons (Fsp3) is 0.615. The third kappa shape index (κ3) is 3.49. The van der Waals surface area contributed by atoms with Crippen LogP contribution in [-0.2, 0) is 4.79 Å². The molecule has 0 saturated carbocycles. The summed E-state index contributed by atoms with van der Waals surface area (Å²) in [6.07, 6.45) is 9.40. The molecule has 90 valence electrons. The Morgan fingerprint density at radius 3 is 2.81 bits per heavy atom. The molecule has 2 unspecified atom stereocenters. The number of nitrogens with two attached hydrogens (primary N) is 1. The highest BCUT2D eigenvalue weighted by Gasteiger charge is 2.26. The lowest BCUT2D eigenvalue weighted by atomic mass is 9.93. The van der Waals surface area contributed by atoms with Gasteiger partial charge < -0.3 is 10.6 Å². The van der Waals surface area contributed by atoms with E-state index in [1.165, 1.54) is 0 Å². The van der Waals surface area contributed by atoms with Crippen LogP contribution in [-0.4, -0.2) is 29.9 Å². The molecule has 1 aliphatic rings. The lowest BCUT2D eigenvalue weighted by molar-refractivity contribution is -0.130. The molecule has 0 aromatic rings. The summed E-state index contributed by atoms with van der Waals surface area (Å²) >= 11 is 0. The van der Waals surface area contributed by atoms with Crippen LogP contribution in [0.2, 0.25) is 0 Å². The quantitative estimate of drug-likeness (QED) is 0.583. The van der Waals surface area contributed by atoms with Crippen molar-refractivity contribution in [2.24, 2.45) is 11.7 Å². The van der Waals surface area contributed by atoms with E-state index in [1.54, 1.807) is 12.2 Å². The number of likely N-dealkylation sites (tertiary alicyclic amines) is 1. The van der Waals surface area contributed by atoms with E-state index >= 15 is 0 Å². The van der Waals surface area contributed by atoms with Crippen LogP contribution in [0.1, 0.15) is 26.7 Å². The predicted molar refractivity (Wildman–Crippen MR) is 66.9 cm³/mol. The third-order valence-corrected chi connectivity index (χ3v) is 3.14. The Kier molecular flexibility index (Phi) is 5.26. The summed E-state index contributed by atoms with van der Waals surface area (Å²) in [5.74, 6) is 0.569. The van der Waals surface area contributed by atoms with E-state index in [-0.39, 0.29) is 5.91 Å². The van der Waals surface area contributed by atoms with Crippen molar-refractivity contribution in [3.05, 3.63) is 24.3 Å². The van der Waals surface area contributed by atoms with Crippen LogP contribution in [0.15, 0.2) is 24.3 Å². The maximum Gasteiger partial charge on any atom is 0.246 e. The van der Waals surface area contributed by atoms with Gasteiger partial charge >= 0.3 is 0 Å². The lowest BCUT2D eigenvalue weighted by Gasteiger charge is -2.37. The summed E-state index contributed by atoms with van der Waals surface area (Å²) in [6, 6.07) is 0.338. The number of nitrogens with zero attached hydrogens (tertiary/aromatic N) is 1. The van der Waals surface area contributed by atoms with Crippen molar-refractivity contribution >= 4 is 5.91 Å². The van der Waals surface area contributed by atoms with Gasteiger partial charge in [-0.1, -0.05) is 18.2 Å². The molecular weight excluding hydrogens is 200 g/mol. The third-order valence-electron chi connectivity index (χ3n) is 3.14. The van der Waals surface area contributed by atoms with Crippen molar-refractivity contribution in [1.82, 2.24) is 4.90 Å². The molecular formula is C13H22N2O. The number of rotatable bonds is 3. The molecule has 1 aliphatic heterocycles. The van der Waals surface area contributed by atoms with E-state index in [0.29, 0.717) is 18.5 Å². The molecule has 1 amide bonds. The molecule has 1 rings (SSSR count). The zero-order valence-corrected chi connectivity index (χ0v) is 10.2. The highest BCUT2D eigenvalue weighted by atomic mass is 16.2. The highest BCUT2D eigenvalue weighted by Crippen LogP contribution is 2.21. The van der Waals surface area contributed by atoms with E-state index in [4.69, 9.17) is 5.73 Å². The molecule has 16 heavy (non-hydrogen) atoms. The van der Waals surface area contributed by atoms with Crippen molar-refractivity contribution < 1.29 is 4.79 Å². The first-order valence-electron chi connectivity index (χ1n) is 5.99. The van der Waals surface area contributed by atoms with Crippen molar-refractivity contribution in [2.45, 2.75) is 32.7 Å². The Bertz CT molecular complexity index is 284. The first-order valence-corrected chi connectivity index (χ1v) is 5.99. The van der Waals surface area contributed by atoms with Gasteiger partial charge in [0.2, 0.25) is 5.91 Å². The molecule has 1 fully saturated rings. The van der Waals surface area contributed by atoms with Crippen LogP contribution < -0.4 is 5.73 Å². The molecule has 1 saturated heterocycles. The zero-order chi connectivity index (χ0) is 12.0. The number of hydrogen-bond acceptors (Lipinski definition) is 2. The van der Waals surface area contributed by atoms with Gasteiger partial charge in [0, 0.05) is 18.7 Å². The first-order chi connectivity index (χ1) is 7.69. The molecule has 1 heterocycles. The van der Waals surface area contributed by atoms with Gasteiger partial charge in [-0.25, -0.2) is 0 Å². The smallest absolute Gasteiger partial charge is 0.246 e. The molecule has 0 aromatic heterocycles. The van der Waals surface area contributed by atoms with Gasteiger partial charge in [0.1, 0.15) is 0 Å². The highest BCUT2D eigenvalue weighted by molar-refractivity contribution is 5.88. The number of carbonyl (C=O) groups is 1. The zero-order valence-electron chi connectivity index (χ0n) is 10.2. The van der Waals surface area contributed by atoms with Crippen LogP contribution in [0.4, 0.5) is 0 Å². The molecule has 0 aromatic carbocycles. The largest absolute Gasteiger partial charge is 0.336 e. The Morgan fingerprint density at radius 2 is 2.19 bits per heavy atom. The van der Waals surface area contributed by atoms with Crippen molar-refractivity contribution in [3.8, 4) is 0 Å². The molecule has 2 atom stereocenters. The molecule has 0 radical (unpaired) electrons. The van der Waals surface area contributed by atoms with Gasteiger partial charge in [-0.3, -0.25) is 4.79 Å². The molecule has 2 N–H and O–H groups in total. The predicted octanol–water partition coefficient (Wildman–Crippen LogP) is 1.70. The summed E-state index contributed by atoms with van der Waals surface area (Å²) in [6.45, 7) is 5.52. The summed E-state index contributed by atoms with van der Waals surface area (Å²) < 4.78 is 0. The Balaban J connectivity index is 2.58. The number of allylic oxidation sites excluding steroid dienone is 3. The fourth-order valence-corrected chi connectivity index (χ4v) is 2.03. The monoisotopic (exact) mass is 222 g/mol. The normalized spacial score (nSPS) is 26.8. The lowest BCUT2D eigenvalue weighted by Crippen LogP contribution is -2.46. The number of carbonyl (C=O) groups excluding carboxylic acids is 1. The van der Waals surface area contributed by atoms with E-state index in [0.717, 1.165) is 19.4 Å². The Hall–Kier alpha value is -1.09.